The maximum atomic E-state index is 9.69. The molecule has 2 rings (SSSR count). The van der Waals surface area contributed by atoms with Gasteiger partial charge in [-0.05, 0) is 63.4 Å². The molecule has 0 unspecified atom stereocenters. The first-order valence-corrected chi connectivity index (χ1v) is 7.90. The van der Waals surface area contributed by atoms with E-state index in [4.69, 9.17) is 4.74 Å². The molecule has 0 radical (unpaired) electrons. The summed E-state index contributed by atoms with van der Waals surface area (Å²) in [5, 5.41) is 13.1. The van der Waals surface area contributed by atoms with E-state index in [9.17, 15) is 5.11 Å². The average molecular weight is 292 g/mol. The summed E-state index contributed by atoms with van der Waals surface area (Å²) in [4.78, 5) is 2.52. The predicted molar refractivity (Wildman–Crippen MR) is 85.8 cm³/mol. The van der Waals surface area contributed by atoms with Crippen molar-refractivity contribution in [3.8, 4) is 11.5 Å². The average Bonchev–Trinajstić information content (AvgIpc) is 2.49. The van der Waals surface area contributed by atoms with Crippen molar-refractivity contribution in [1.29, 1.82) is 0 Å². The minimum atomic E-state index is 0.204. The molecule has 1 aliphatic rings. The van der Waals surface area contributed by atoms with Crippen molar-refractivity contribution in [3.63, 3.8) is 0 Å². The van der Waals surface area contributed by atoms with E-state index in [1.54, 1.807) is 13.2 Å². The molecule has 1 heterocycles. The Morgan fingerprint density at radius 2 is 2.05 bits per heavy atom. The summed E-state index contributed by atoms with van der Waals surface area (Å²) in [5.74, 6) is 1.54. The third-order valence-electron chi connectivity index (χ3n) is 4.31. The van der Waals surface area contributed by atoms with Gasteiger partial charge >= 0.3 is 0 Å². The van der Waals surface area contributed by atoms with Crippen LogP contribution in [0.1, 0.15) is 32.3 Å². The van der Waals surface area contributed by atoms with Gasteiger partial charge in [0.2, 0.25) is 0 Å². The fourth-order valence-corrected chi connectivity index (χ4v) is 2.91. The van der Waals surface area contributed by atoms with Gasteiger partial charge < -0.3 is 15.2 Å². The molecule has 1 aromatic carbocycles. The highest BCUT2D eigenvalue weighted by molar-refractivity contribution is 5.41. The highest BCUT2D eigenvalue weighted by Gasteiger charge is 2.19. The number of rotatable bonds is 6. The molecule has 21 heavy (non-hydrogen) atoms. The van der Waals surface area contributed by atoms with Gasteiger partial charge in [0.1, 0.15) is 0 Å². The predicted octanol–water partition coefficient (Wildman–Crippen LogP) is 2.61. The number of phenolic OH excluding ortho intramolecular Hbond substituents is 1. The lowest BCUT2D eigenvalue weighted by atomic mass is 9.96. The number of hydrogen-bond acceptors (Lipinski definition) is 4. The molecule has 1 fully saturated rings. The van der Waals surface area contributed by atoms with Gasteiger partial charge in [-0.15, -0.1) is 0 Å². The molecule has 4 heteroatoms. The first kappa shape index (κ1) is 16.1. The van der Waals surface area contributed by atoms with E-state index >= 15 is 0 Å². The first-order valence-electron chi connectivity index (χ1n) is 7.90. The zero-order valence-corrected chi connectivity index (χ0v) is 13.4. The van der Waals surface area contributed by atoms with E-state index in [-0.39, 0.29) is 5.75 Å². The molecule has 1 aliphatic heterocycles. The van der Waals surface area contributed by atoms with E-state index in [1.807, 2.05) is 12.1 Å². The number of phenols is 1. The third-order valence-corrected chi connectivity index (χ3v) is 4.31. The second kappa shape index (κ2) is 7.66. The molecule has 0 aromatic heterocycles. The van der Waals surface area contributed by atoms with Crippen LogP contribution in [-0.4, -0.2) is 42.8 Å². The lowest BCUT2D eigenvalue weighted by molar-refractivity contribution is 0.161. The normalized spacial score (nSPS) is 16.6. The Kier molecular flexibility index (Phi) is 5.88. The number of ether oxygens (including phenoxy) is 1. The molecule has 4 nitrogen and oxygen atoms in total. The van der Waals surface area contributed by atoms with Crippen molar-refractivity contribution in [1.82, 2.24) is 10.2 Å². The zero-order valence-electron chi connectivity index (χ0n) is 13.4. The molecule has 1 aromatic rings. The molecule has 0 spiro atoms. The van der Waals surface area contributed by atoms with Crippen LogP contribution < -0.4 is 10.1 Å². The Morgan fingerprint density at radius 3 is 2.67 bits per heavy atom. The maximum Gasteiger partial charge on any atom is 0.160 e. The minimum Gasteiger partial charge on any atom is -0.504 e. The topological polar surface area (TPSA) is 44.7 Å². The molecule has 0 amide bonds. The summed E-state index contributed by atoms with van der Waals surface area (Å²) in [6.07, 6.45) is 2.53. The van der Waals surface area contributed by atoms with Gasteiger partial charge in [0.15, 0.2) is 11.5 Å². The van der Waals surface area contributed by atoms with Gasteiger partial charge in [-0.3, -0.25) is 4.90 Å². The standard InChI is InChI=1S/C17H28N2O2/c1-13(2)19(11-14-6-8-18-9-7-14)12-15-4-5-16(20)17(10-15)21-3/h4-5,10,13-14,18,20H,6-9,11-12H2,1-3H3. The number of nitrogens with one attached hydrogen (secondary N) is 1. The molecule has 0 atom stereocenters. The number of hydrogen-bond donors (Lipinski definition) is 2. The first-order chi connectivity index (χ1) is 10.1. The summed E-state index contributed by atoms with van der Waals surface area (Å²) in [6, 6.07) is 6.15. The van der Waals surface area contributed by atoms with Gasteiger partial charge in [-0.1, -0.05) is 6.07 Å². The summed E-state index contributed by atoms with van der Waals surface area (Å²) in [7, 11) is 1.59. The van der Waals surface area contributed by atoms with Crippen molar-refractivity contribution >= 4 is 0 Å². The van der Waals surface area contributed by atoms with Crippen LogP contribution in [0.3, 0.4) is 0 Å². The second-order valence-corrected chi connectivity index (χ2v) is 6.22. The highest BCUT2D eigenvalue weighted by Crippen LogP contribution is 2.27. The van der Waals surface area contributed by atoms with Crippen molar-refractivity contribution in [2.24, 2.45) is 5.92 Å². The van der Waals surface area contributed by atoms with Crippen LogP contribution in [0, 0.1) is 5.92 Å². The maximum absolute atomic E-state index is 9.69. The zero-order chi connectivity index (χ0) is 15.2. The number of aromatic hydroxyl groups is 1. The molecule has 118 valence electrons. The molecule has 0 aliphatic carbocycles. The number of piperidine rings is 1. The van der Waals surface area contributed by atoms with E-state index in [0.29, 0.717) is 11.8 Å². The number of benzene rings is 1. The van der Waals surface area contributed by atoms with Gasteiger partial charge in [-0.25, -0.2) is 0 Å². The van der Waals surface area contributed by atoms with Crippen LogP contribution in [0.25, 0.3) is 0 Å². The van der Waals surface area contributed by atoms with E-state index in [2.05, 4.69) is 24.1 Å². The summed E-state index contributed by atoms with van der Waals surface area (Å²) in [6.45, 7) is 8.82. The summed E-state index contributed by atoms with van der Waals surface area (Å²) in [5.41, 5.74) is 1.19. The van der Waals surface area contributed by atoms with Crippen LogP contribution in [0.4, 0.5) is 0 Å². The minimum absolute atomic E-state index is 0.204. The van der Waals surface area contributed by atoms with Crippen molar-refractivity contribution < 1.29 is 9.84 Å². The Bertz CT molecular complexity index is 442. The molecule has 1 saturated heterocycles. The van der Waals surface area contributed by atoms with E-state index in [1.165, 1.54) is 18.4 Å². The third kappa shape index (κ3) is 4.61. The van der Waals surface area contributed by atoms with E-state index in [0.717, 1.165) is 32.1 Å². The quantitative estimate of drug-likeness (QED) is 0.846. The van der Waals surface area contributed by atoms with E-state index < -0.39 is 0 Å². The molecule has 0 bridgehead atoms. The fraction of sp³-hybridized carbons (Fsp3) is 0.647. The Hall–Kier alpha value is -1.26. The van der Waals surface area contributed by atoms with Gasteiger partial charge in [-0.2, -0.15) is 0 Å². The van der Waals surface area contributed by atoms with Gasteiger partial charge in [0.25, 0.3) is 0 Å². The summed E-state index contributed by atoms with van der Waals surface area (Å²) >= 11 is 0. The smallest absolute Gasteiger partial charge is 0.160 e. The molecule has 0 saturated carbocycles. The van der Waals surface area contributed by atoms with Crippen molar-refractivity contribution in [2.75, 3.05) is 26.7 Å². The molecule has 2 N–H and O–H groups in total. The van der Waals surface area contributed by atoms with Crippen LogP contribution in [0.2, 0.25) is 0 Å². The lowest BCUT2D eigenvalue weighted by Crippen LogP contribution is -2.39. The fourth-order valence-electron chi connectivity index (χ4n) is 2.91. The lowest BCUT2D eigenvalue weighted by Gasteiger charge is -2.32. The second-order valence-electron chi connectivity index (χ2n) is 6.22. The Labute approximate surface area is 128 Å². The Balaban J connectivity index is 2.01. The van der Waals surface area contributed by atoms with Crippen molar-refractivity contribution in [2.45, 2.75) is 39.3 Å². The SMILES string of the molecule is COc1cc(CN(CC2CCNCC2)C(C)C)ccc1O. The molecular weight excluding hydrogens is 264 g/mol. The van der Waals surface area contributed by atoms with Gasteiger partial charge in [0.05, 0.1) is 7.11 Å². The van der Waals surface area contributed by atoms with Crippen LogP contribution in [-0.2, 0) is 6.54 Å². The highest BCUT2D eigenvalue weighted by atomic mass is 16.5. The monoisotopic (exact) mass is 292 g/mol. The Morgan fingerprint density at radius 1 is 1.33 bits per heavy atom. The van der Waals surface area contributed by atoms with Crippen LogP contribution in [0.5, 0.6) is 11.5 Å². The summed E-state index contributed by atoms with van der Waals surface area (Å²) < 4.78 is 5.20. The van der Waals surface area contributed by atoms with Crippen molar-refractivity contribution in [3.05, 3.63) is 23.8 Å². The largest absolute Gasteiger partial charge is 0.504 e. The molecular formula is C17H28N2O2. The van der Waals surface area contributed by atoms with Gasteiger partial charge in [0, 0.05) is 19.1 Å². The number of nitrogens with zero attached hydrogens (tertiary/aromatic N) is 1. The van der Waals surface area contributed by atoms with Crippen LogP contribution in [0.15, 0.2) is 18.2 Å². The number of methoxy groups -OCH3 is 1. The van der Waals surface area contributed by atoms with Crippen LogP contribution >= 0.6 is 0 Å².